The van der Waals surface area contributed by atoms with E-state index in [-0.39, 0.29) is 0 Å². The van der Waals surface area contributed by atoms with Crippen molar-refractivity contribution in [1.82, 2.24) is 9.38 Å². The van der Waals surface area contributed by atoms with Gasteiger partial charge in [0, 0.05) is 17.8 Å². The minimum absolute atomic E-state index is 0.353. The van der Waals surface area contributed by atoms with Crippen LogP contribution >= 0.6 is 11.6 Å². The molecule has 0 amide bonds. The van der Waals surface area contributed by atoms with E-state index in [1.165, 1.54) is 0 Å². The lowest BCUT2D eigenvalue weighted by atomic mass is 10.1. The van der Waals surface area contributed by atoms with Gasteiger partial charge in [-0.1, -0.05) is 17.7 Å². The van der Waals surface area contributed by atoms with Crippen LogP contribution in [0.1, 0.15) is 16.8 Å². The number of nitrogens with zero attached hydrogens (tertiary/aromatic N) is 2. The fourth-order valence-corrected chi connectivity index (χ4v) is 2.48. The zero-order chi connectivity index (χ0) is 15.0. The number of halogens is 1. The summed E-state index contributed by atoms with van der Waals surface area (Å²) in [7, 11) is 0. The number of imidazole rings is 1. The predicted octanol–water partition coefficient (Wildman–Crippen LogP) is 3.86. The van der Waals surface area contributed by atoms with Crippen LogP contribution in [-0.4, -0.2) is 9.38 Å². The van der Waals surface area contributed by atoms with Crippen molar-refractivity contribution in [3.63, 3.8) is 0 Å². The molecular formula is C16H16ClN3O. The van der Waals surface area contributed by atoms with Crippen molar-refractivity contribution in [3.05, 3.63) is 58.4 Å². The van der Waals surface area contributed by atoms with Crippen LogP contribution in [0.5, 0.6) is 11.6 Å². The number of pyridine rings is 1. The first-order valence-corrected chi connectivity index (χ1v) is 7.08. The molecule has 0 atom stereocenters. The van der Waals surface area contributed by atoms with Crippen molar-refractivity contribution in [2.45, 2.75) is 20.4 Å². The highest BCUT2D eigenvalue weighted by molar-refractivity contribution is 6.32. The van der Waals surface area contributed by atoms with E-state index in [1.54, 1.807) is 0 Å². The average Bonchev–Trinajstić information content (AvgIpc) is 2.81. The van der Waals surface area contributed by atoms with Gasteiger partial charge >= 0.3 is 0 Å². The summed E-state index contributed by atoms with van der Waals surface area (Å²) in [5, 5.41) is 0.761. The number of benzene rings is 1. The lowest BCUT2D eigenvalue weighted by molar-refractivity contribution is 0.458. The Balaban J connectivity index is 2.06. The molecule has 0 saturated carbocycles. The fourth-order valence-electron chi connectivity index (χ4n) is 2.37. The number of aryl methyl sites for hydroxylation is 2. The van der Waals surface area contributed by atoms with E-state index in [4.69, 9.17) is 22.1 Å². The van der Waals surface area contributed by atoms with Crippen molar-refractivity contribution in [2.75, 3.05) is 0 Å². The van der Waals surface area contributed by atoms with Crippen LogP contribution in [0.25, 0.3) is 5.65 Å². The number of hydrogen-bond acceptors (Lipinski definition) is 3. The van der Waals surface area contributed by atoms with Gasteiger partial charge in [-0.2, -0.15) is 4.98 Å². The molecule has 108 valence electrons. The zero-order valence-corrected chi connectivity index (χ0v) is 12.7. The topological polar surface area (TPSA) is 52.5 Å². The quantitative estimate of drug-likeness (QED) is 0.799. The van der Waals surface area contributed by atoms with Crippen LogP contribution in [0.4, 0.5) is 0 Å². The molecule has 4 nitrogen and oxygen atoms in total. The Kier molecular flexibility index (Phi) is 3.57. The van der Waals surface area contributed by atoms with Crippen molar-refractivity contribution >= 4 is 17.2 Å². The van der Waals surface area contributed by atoms with Crippen molar-refractivity contribution < 1.29 is 4.74 Å². The molecule has 3 rings (SSSR count). The van der Waals surface area contributed by atoms with Gasteiger partial charge in [-0.3, -0.25) is 4.40 Å². The van der Waals surface area contributed by atoms with E-state index in [2.05, 4.69) is 4.98 Å². The van der Waals surface area contributed by atoms with Gasteiger partial charge in [-0.25, -0.2) is 0 Å². The highest BCUT2D eigenvalue weighted by atomic mass is 35.5. The van der Waals surface area contributed by atoms with Crippen LogP contribution < -0.4 is 10.5 Å². The second-order valence-electron chi connectivity index (χ2n) is 4.97. The number of ether oxygens (including phenoxy) is 1. The third-order valence-electron chi connectivity index (χ3n) is 3.41. The molecule has 0 radical (unpaired) electrons. The van der Waals surface area contributed by atoms with Crippen LogP contribution in [0.3, 0.4) is 0 Å². The van der Waals surface area contributed by atoms with Crippen molar-refractivity contribution in [1.29, 1.82) is 0 Å². The number of hydrogen-bond donors (Lipinski definition) is 1. The van der Waals surface area contributed by atoms with Crippen LogP contribution in [0.2, 0.25) is 5.02 Å². The molecule has 0 fully saturated rings. The Hall–Kier alpha value is -2.04. The summed E-state index contributed by atoms with van der Waals surface area (Å²) >= 11 is 6.18. The smallest absolute Gasteiger partial charge is 0.242 e. The summed E-state index contributed by atoms with van der Waals surface area (Å²) in [4.78, 5) is 4.49. The van der Waals surface area contributed by atoms with E-state index in [9.17, 15) is 0 Å². The van der Waals surface area contributed by atoms with Gasteiger partial charge in [-0.05, 0) is 49.2 Å². The molecule has 3 aromatic rings. The summed E-state index contributed by atoms with van der Waals surface area (Å²) in [6.07, 6.45) is 1.93. The van der Waals surface area contributed by atoms with Gasteiger partial charge in [0.2, 0.25) is 5.88 Å². The van der Waals surface area contributed by atoms with Crippen molar-refractivity contribution in [3.8, 4) is 11.6 Å². The largest absolute Gasteiger partial charge is 0.437 e. The first-order chi connectivity index (χ1) is 10.1. The molecule has 2 N–H and O–H groups in total. The van der Waals surface area contributed by atoms with Gasteiger partial charge in [0.15, 0.2) is 0 Å². The lowest BCUT2D eigenvalue weighted by Gasteiger charge is -2.09. The van der Waals surface area contributed by atoms with E-state index < -0.39 is 0 Å². The normalized spacial score (nSPS) is 11.0. The number of rotatable bonds is 3. The Morgan fingerprint density at radius 2 is 1.95 bits per heavy atom. The molecule has 0 aliphatic carbocycles. The molecule has 5 heteroatoms. The maximum atomic E-state index is 6.18. The molecule has 2 aromatic heterocycles. The highest BCUT2D eigenvalue weighted by Crippen LogP contribution is 2.30. The van der Waals surface area contributed by atoms with Gasteiger partial charge in [-0.15, -0.1) is 0 Å². The molecule has 21 heavy (non-hydrogen) atoms. The maximum absolute atomic E-state index is 6.18. The Morgan fingerprint density at radius 1 is 1.24 bits per heavy atom. The number of aromatic nitrogens is 2. The van der Waals surface area contributed by atoms with Crippen molar-refractivity contribution in [2.24, 2.45) is 5.73 Å². The highest BCUT2D eigenvalue weighted by Gasteiger charge is 2.13. The predicted molar refractivity (Wildman–Crippen MR) is 84.1 cm³/mol. The summed E-state index contributed by atoms with van der Waals surface area (Å²) in [6, 6.07) is 9.60. The minimum atomic E-state index is 0.353. The van der Waals surface area contributed by atoms with Gasteiger partial charge in [0.05, 0.1) is 0 Å². The summed E-state index contributed by atoms with van der Waals surface area (Å²) < 4.78 is 7.87. The molecule has 0 aliphatic rings. The average molecular weight is 302 g/mol. The molecular weight excluding hydrogens is 286 g/mol. The lowest BCUT2D eigenvalue weighted by Crippen LogP contribution is -2.02. The van der Waals surface area contributed by atoms with Gasteiger partial charge in [0.1, 0.15) is 17.1 Å². The van der Waals surface area contributed by atoms with Crippen LogP contribution in [0, 0.1) is 13.8 Å². The molecule has 0 spiro atoms. The Labute approximate surface area is 128 Å². The first-order valence-electron chi connectivity index (χ1n) is 6.71. The summed E-state index contributed by atoms with van der Waals surface area (Å²) in [5.41, 5.74) is 9.45. The zero-order valence-electron chi connectivity index (χ0n) is 11.9. The summed E-state index contributed by atoms with van der Waals surface area (Å²) in [5.74, 6) is 1.25. The Morgan fingerprint density at radius 3 is 2.62 bits per heavy atom. The van der Waals surface area contributed by atoms with E-state index >= 15 is 0 Å². The summed E-state index contributed by atoms with van der Waals surface area (Å²) in [6.45, 7) is 4.26. The van der Waals surface area contributed by atoms with Crippen LogP contribution in [0.15, 0.2) is 36.5 Å². The van der Waals surface area contributed by atoms with E-state index in [1.807, 2.05) is 54.8 Å². The Bertz CT molecular complexity index is 787. The number of fused-ring (bicyclic) bond motifs is 1. The SMILES string of the molecule is Cc1cc(Oc2nc3ccccn3c2CN)cc(C)c1Cl. The van der Waals surface area contributed by atoms with E-state index in [0.717, 1.165) is 27.5 Å². The second-order valence-corrected chi connectivity index (χ2v) is 5.35. The molecule has 1 aromatic carbocycles. The monoisotopic (exact) mass is 301 g/mol. The second kappa shape index (κ2) is 5.39. The third kappa shape index (κ3) is 2.48. The standard InChI is InChI=1S/C16H16ClN3O/c1-10-7-12(8-11(2)15(10)17)21-16-13(9-18)20-6-4-3-5-14(20)19-16/h3-8H,9,18H2,1-2H3. The molecule has 0 bridgehead atoms. The fraction of sp³-hybridized carbons (Fsp3) is 0.188. The minimum Gasteiger partial charge on any atom is -0.437 e. The van der Waals surface area contributed by atoms with E-state index in [0.29, 0.717) is 18.2 Å². The van der Waals surface area contributed by atoms with Gasteiger partial charge in [0.25, 0.3) is 0 Å². The van der Waals surface area contributed by atoms with Crippen LogP contribution in [-0.2, 0) is 6.54 Å². The molecule has 0 aliphatic heterocycles. The third-order valence-corrected chi connectivity index (χ3v) is 4.01. The number of nitrogens with two attached hydrogens (primary N) is 1. The molecule has 0 saturated heterocycles. The first kappa shape index (κ1) is 13.9. The molecule has 0 unspecified atom stereocenters. The maximum Gasteiger partial charge on any atom is 0.242 e. The molecule has 2 heterocycles. The van der Waals surface area contributed by atoms with Gasteiger partial charge < -0.3 is 10.5 Å².